The summed E-state index contributed by atoms with van der Waals surface area (Å²) < 4.78 is 113. The van der Waals surface area contributed by atoms with Crippen molar-refractivity contribution >= 4 is 16.1 Å². The minimum Gasteiger partial charge on any atom is -0.438 e. The van der Waals surface area contributed by atoms with Crippen molar-refractivity contribution in [2.75, 3.05) is 5.75 Å². The van der Waals surface area contributed by atoms with E-state index in [1.54, 1.807) is 0 Å². The van der Waals surface area contributed by atoms with Crippen LogP contribution in [-0.2, 0) is 19.6 Å². The molecular weight excluding hydrogens is 514 g/mol. The third-order valence-corrected chi connectivity index (χ3v) is 6.85. The Morgan fingerprint density at radius 1 is 0.639 bits per heavy atom. The van der Waals surface area contributed by atoms with E-state index in [-0.39, 0.29) is 6.42 Å². The van der Waals surface area contributed by atoms with Gasteiger partial charge in [-0.25, -0.2) is 0 Å². The molecule has 0 aromatic rings. The van der Waals surface area contributed by atoms with Gasteiger partial charge in [-0.2, -0.15) is 34.8 Å². The van der Waals surface area contributed by atoms with Crippen LogP contribution >= 0.6 is 0 Å². The fourth-order valence-electron chi connectivity index (χ4n) is 3.97. The second-order valence-corrected chi connectivity index (χ2v) is 10.9. The molecule has 0 fully saturated rings. The molecule has 5 nitrogen and oxygen atoms in total. The number of hydrogen-bond donors (Lipinski definition) is 1. The molecule has 0 heterocycles. The maximum absolute atomic E-state index is 13.1. The van der Waals surface area contributed by atoms with Gasteiger partial charge in [-0.1, -0.05) is 110 Å². The topological polar surface area (TPSA) is 80.7 Å². The van der Waals surface area contributed by atoms with Crippen LogP contribution in [0, 0.1) is 0 Å². The minimum atomic E-state index is -6.29. The van der Waals surface area contributed by atoms with Crippen molar-refractivity contribution in [3.63, 3.8) is 0 Å². The lowest BCUT2D eigenvalue weighted by Crippen LogP contribution is -2.63. The highest BCUT2D eigenvalue weighted by atomic mass is 32.2. The first-order valence-electron chi connectivity index (χ1n) is 13.0. The molecule has 0 bridgehead atoms. The molecule has 0 aliphatic carbocycles. The molecule has 0 radical (unpaired) electrons. The number of esters is 1. The van der Waals surface area contributed by atoms with Gasteiger partial charge in [0.2, 0.25) is 0 Å². The number of unbranched alkanes of at least 4 members (excludes halogenated alkanes) is 16. The molecule has 1 N–H and O–H groups in total. The van der Waals surface area contributed by atoms with Crippen LogP contribution in [0.2, 0.25) is 0 Å². The SMILES string of the molecule is CCCCCCCCCCCCCCCCCCCC(=O)OC(CS(=O)(=O)O)(C(F)(F)F)C(F)(F)F. The Morgan fingerprint density at radius 2 is 0.944 bits per heavy atom. The number of hydrogen-bond acceptors (Lipinski definition) is 4. The van der Waals surface area contributed by atoms with Gasteiger partial charge >= 0.3 is 23.9 Å². The Balaban J connectivity index is 4.05. The first kappa shape index (κ1) is 35.0. The first-order valence-corrected chi connectivity index (χ1v) is 14.6. The summed E-state index contributed by atoms with van der Waals surface area (Å²) >= 11 is 0. The third kappa shape index (κ3) is 15.3. The Kier molecular flexibility index (Phi) is 17.0. The highest BCUT2D eigenvalue weighted by Gasteiger charge is 2.75. The van der Waals surface area contributed by atoms with Crippen LogP contribution < -0.4 is 0 Å². The van der Waals surface area contributed by atoms with Crippen molar-refractivity contribution in [3.8, 4) is 0 Å². The summed E-state index contributed by atoms with van der Waals surface area (Å²) in [5, 5.41) is 0. The highest BCUT2D eigenvalue weighted by Crippen LogP contribution is 2.47. The zero-order chi connectivity index (χ0) is 27.7. The summed E-state index contributed by atoms with van der Waals surface area (Å²) in [7, 11) is -5.76. The molecule has 0 unspecified atom stereocenters. The second-order valence-electron chi connectivity index (χ2n) is 9.43. The van der Waals surface area contributed by atoms with E-state index in [0.717, 1.165) is 25.7 Å². The van der Waals surface area contributed by atoms with Gasteiger partial charge in [0.25, 0.3) is 10.1 Å². The summed E-state index contributed by atoms with van der Waals surface area (Å²) in [6, 6.07) is 0. The molecule has 0 spiro atoms. The summed E-state index contributed by atoms with van der Waals surface area (Å²) in [5.74, 6) is -4.67. The van der Waals surface area contributed by atoms with Crippen LogP contribution in [0.5, 0.6) is 0 Å². The number of ether oxygens (including phenoxy) is 1. The van der Waals surface area contributed by atoms with E-state index in [4.69, 9.17) is 4.55 Å². The zero-order valence-electron chi connectivity index (χ0n) is 21.2. The molecule has 0 amide bonds. The number of carbonyl (C=O) groups is 1. The average Bonchev–Trinajstić information content (AvgIpc) is 2.73. The smallest absolute Gasteiger partial charge is 0.438 e. The Morgan fingerprint density at radius 3 is 1.22 bits per heavy atom. The standard InChI is InChI=1S/C24H42F6O5S/c1-2-3-4-5-6-7-8-9-10-11-12-13-14-15-16-17-18-19-21(31)35-22(23(25,26)27,24(28,29)30)20-36(32,33)34/h2-20H2,1H3,(H,32,33,34). The largest absolute Gasteiger partial charge is 0.438 e. The maximum Gasteiger partial charge on any atom is 0.438 e. The Bertz CT molecular complexity index is 678. The fourth-order valence-corrected chi connectivity index (χ4v) is 4.87. The predicted molar refractivity (Wildman–Crippen MR) is 126 cm³/mol. The molecule has 0 aromatic heterocycles. The van der Waals surface area contributed by atoms with Gasteiger partial charge < -0.3 is 4.74 Å². The highest BCUT2D eigenvalue weighted by molar-refractivity contribution is 7.85. The van der Waals surface area contributed by atoms with Crippen LogP contribution in [0.15, 0.2) is 0 Å². The van der Waals surface area contributed by atoms with Gasteiger partial charge in [0.05, 0.1) is 0 Å². The average molecular weight is 557 g/mol. The van der Waals surface area contributed by atoms with Crippen molar-refractivity contribution in [2.45, 2.75) is 140 Å². The predicted octanol–water partition coefficient (Wildman–Crippen LogP) is 8.32. The van der Waals surface area contributed by atoms with Gasteiger partial charge in [-0.3, -0.25) is 9.35 Å². The second kappa shape index (κ2) is 17.5. The van der Waals surface area contributed by atoms with Gasteiger partial charge in [0.15, 0.2) is 0 Å². The molecule has 0 atom stereocenters. The van der Waals surface area contributed by atoms with Gasteiger partial charge in [-0.15, -0.1) is 0 Å². The molecule has 0 aromatic carbocycles. The number of alkyl halides is 6. The molecule has 0 saturated heterocycles. The zero-order valence-corrected chi connectivity index (χ0v) is 22.0. The third-order valence-electron chi connectivity index (χ3n) is 6.07. The quantitative estimate of drug-likeness (QED) is 0.0665. The lowest BCUT2D eigenvalue weighted by Gasteiger charge is -2.35. The van der Waals surface area contributed by atoms with Crippen LogP contribution in [0.4, 0.5) is 26.3 Å². The summed E-state index contributed by atoms with van der Waals surface area (Å²) in [6.45, 7) is 2.21. The number of rotatable bonds is 21. The van der Waals surface area contributed by atoms with Crippen molar-refractivity contribution in [2.24, 2.45) is 0 Å². The Hall–Kier alpha value is -1.04. The van der Waals surface area contributed by atoms with E-state index in [0.29, 0.717) is 12.8 Å². The van der Waals surface area contributed by atoms with E-state index in [9.17, 15) is 39.6 Å². The van der Waals surface area contributed by atoms with Gasteiger partial charge in [-0.05, 0) is 6.42 Å². The van der Waals surface area contributed by atoms with E-state index in [2.05, 4.69) is 11.7 Å². The number of halogens is 6. The summed E-state index contributed by atoms with van der Waals surface area (Å²) in [4.78, 5) is 11.7. The molecule has 0 rings (SSSR count). The van der Waals surface area contributed by atoms with Gasteiger partial charge in [0, 0.05) is 6.42 Å². The van der Waals surface area contributed by atoms with Crippen LogP contribution in [0.3, 0.4) is 0 Å². The van der Waals surface area contributed by atoms with Crippen molar-refractivity contribution in [3.05, 3.63) is 0 Å². The molecule has 216 valence electrons. The van der Waals surface area contributed by atoms with Gasteiger partial charge in [0.1, 0.15) is 5.75 Å². The number of carbonyl (C=O) groups excluding carboxylic acids is 1. The summed E-state index contributed by atoms with van der Waals surface area (Å²) in [5.41, 5.74) is -5.32. The van der Waals surface area contributed by atoms with Crippen molar-refractivity contribution in [1.82, 2.24) is 0 Å². The van der Waals surface area contributed by atoms with E-state index in [1.165, 1.54) is 64.2 Å². The summed E-state index contributed by atoms with van der Waals surface area (Å²) in [6.07, 6.45) is 4.50. The van der Waals surface area contributed by atoms with Crippen LogP contribution in [0.25, 0.3) is 0 Å². The molecule has 36 heavy (non-hydrogen) atoms. The van der Waals surface area contributed by atoms with Crippen LogP contribution in [0.1, 0.15) is 122 Å². The van der Waals surface area contributed by atoms with Crippen molar-refractivity contribution in [1.29, 1.82) is 0 Å². The molecule has 0 saturated carbocycles. The lowest BCUT2D eigenvalue weighted by atomic mass is 10.0. The van der Waals surface area contributed by atoms with Crippen LogP contribution in [-0.4, -0.2) is 42.6 Å². The normalized spacial score (nSPS) is 13.2. The first-order chi connectivity index (χ1) is 16.7. The van der Waals surface area contributed by atoms with Crippen molar-refractivity contribution < 1.29 is 48.8 Å². The lowest BCUT2D eigenvalue weighted by molar-refractivity contribution is -0.361. The molecule has 12 heteroatoms. The fraction of sp³-hybridized carbons (Fsp3) is 0.958. The molecule has 0 aliphatic rings. The monoisotopic (exact) mass is 556 g/mol. The van der Waals surface area contributed by atoms with E-state index < -0.39 is 46.2 Å². The molecular formula is C24H42F6O5S. The minimum absolute atomic E-state index is 0.00888. The molecule has 0 aliphatic heterocycles. The Labute approximate surface area is 211 Å². The van der Waals surface area contributed by atoms with E-state index in [1.807, 2.05) is 0 Å². The van der Waals surface area contributed by atoms with E-state index >= 15 is 0 Å². The maximum atomic E-state index is 13.1.